The smallest absolute Gasteiger partial charge is 0.285 e. The van der Waals surface area contributed by atoms with Crippen LogP contribution >= 0.6 is 11.6 Å². The Morgan fingerprint density at radius 2 is 2.12 bits per heavy atom. The number of benzene rings is 1. The molecule has 24 heavy (non-hydrogen) atoms. The lowest BCUT2D eigenvalue weighted by Gasteiger charge is -2.33. The predicted molar refractivity (Wildman–Crippen MR) is 97.4 cm³/mol. The maximum atomic E-state index is 11.5. The van der Waals surface area contributed by atoms with Crippen LogP contribution in [0.1, 0.15) is 37.3 Å². The molecule has 0 radical (unpaired) electrons. The van der Waals surface area contributed by atoms with Crippen molar-refractivity contribution in [3.8, 4) is 0 Å². The van der Waals surface area contributed by atoms with E-state index in [0.717, 1.165) is 13.1 Å². The molecule has 1 aliphatic heterocycles. The summed E-state index contributed by atoms with van der Waals surface area (Å²) in [6, 6.07) is 9.04. The molecule has 2 heterocycles. The molecule has 2 aromatic rings. The van der Waals surface area contributed by atoms with E-state index in [4.69, 9.17) is 11.6 Å². The SMILES string of the molecule is C[C@H]1CCCCN1Cc1ccccc1CNc1cn[nH]c(=O)c1Cl. The van der Waals surface area contributed by atoms with Crippen molar-refractivity contribution in [1.29, 1.82) is 0 Å². The summed E-state index contributed by atoms with van der Waals surface area (Å²) >= 11 is 6.02. The number of nitrogens with one attached hydrogen (secondary N) is 2. The largest absolute Gasteiger partial charge is 0.378 e. The normalized spacial score (nSPS) is 18.5. The van der Waals surface area contributed by atoms with Crippen LogP contribution in [0.25, 0.3) is 0 Å². The van der Waals surface area contributed by atoms with Crippen molar-refractivity contribution in [2.24, 2.45) is 0 Å². The van der Waals surface area contributed by atoms with Crippen molar-refractivity contribution in [2.75, 3.05) is 11.9 Å². The lowest BCUT2D eigenvalue weighted by Crippen LogP contribution is -2.37. The average Bonchev–Trinajstić information content (AvgIpc) is 2.59. The zero-order valence-electron chi connectivity index (χ0n) is 13.9. The van der Waals surface area contributed by atoms with Gasteiger partial charge in [-0.25, -0.2) is 5.10 Å². The highest BCUT2D eigenvalue weighted by Crippen LogP contribution is 2.22. The minimum absolute atomic E-state index is 0.145. The Hall–Kier alpha value is -1.85. The third-order valence-electron chi connectivity index (χ3n) is 4.70. The van der Waals surface area contributed by atoms with E-state index in [1.165, 1.54) is 30.4 Å². The van der Waals surface area contributed by atoms with Gasteiger partial charge in [0.1, 0.15) is 5.02 Å². The quantitative estimate of drug-likeness (QED) is 0.871. The van der Waals surface area contributed by atoms with Crippen LogP contribution in [-0.4, -0.2) is 27.7 Å². The molecule has 0 spiro atoms. The first kappa shape index (κ1) is 17.0. The fourth-order valence-corrected chi connectivity index (χ4v) is 3.35. The van der Waals surface area contributed by atoms with Crippen LogP contribution in [0.2, 0.25) is 5.02 Å². The molecule has 2 N–H and O–H groups in total. The molecule has 0 amide bonds. The maximum Gasteiger partial charge on any atom is 0.285 e. The van der Waals surface area contributed by atoms with Crippen LogP contribution in [0.5, 0.6) is 0 Å². The third-order valence-corrected chi connectivity index (χ3v) is 5.07. The topological polar surface area (TPSA) is 61.0 Å². The summed E-state index contributed by atoms with van der Waals surface area (Å²) in [5.41, 5.74) is 2.71. The fourth-order valence-electron chi connectivity index (χ4n) is 3.19. The predicted octanol–water partition coefficient (Wildman–Crippen LogP) is 3.41. The van der Waals surface area contributed by atoms with E-state index >= 15 is 0 Å². The lowest BCUT2D eigenvalue weighted by molar-refractivity contribution is 0.152. The number of H-pyrrole nitrogens is 1. The van der Waals surface area contributed by atoms with Gasteiger partial charge in [0.25, 0.3) is 5.56 Å². The molecular formula is C18H23ClN4O. The molecule has 3 rings (SSSR count). The first-order valence-electron chi connectivity index (χ1n) is 8.43. The summed E-state index contributed by atoms with van der Waals surface area (Å²) in [7, 11) is 0. The summed E-state index contributed by atoms with van der Waals surface area (Å²) in [6.07, 6.45) is 5.42. The van der Waals surface area contributed by atoms with Gasteiger partial charge in [0.05, 0.1) is 11.9 Å². The number of likely N-dealkylation sites (tertiary alicyclic amines) is 1. The number of nitrogens with zero attached hydrogens (tertiary/aromatic N) is 2. The Morgan fingerprint density at radius 3 is 2.92 bits per heavy atom. The standard InChI is InChI=1S/C18H23ClN4O/c1-13-6-4-5-9-23(13)12-15-8-3-2-7-14(15)10-20-16-11-21-22-18(24)17(16)19/h2-3,7-8,11,13H,4-6,9-10,12H2,1H3,(H2,20,22,24)/t13-/m0/s1. The molecule has 1 aromatic heterocycles. The third kappa shape index (κ3) is 3.97. The van der Waals surface area contributed by atoms with Gasteiger partial charge in [0, 0.05) is 19.1 Å². The van der Waals surface area contributed by atoms with Crippen molar-refractivity contribution in [1.82, 2.24) is 15.1 Å². The van der Waals surface area contributed by atoms with Crippen molar-refractivity contribution in [2.45, 2.75) is 45.3 Å². The van der Waals surface area contributed by atoms with Crippen LogP contribution in [0.3, 0.4) is 0 Å². The van der Waals surface area contributed by atoms with Crippen LogP contribution in [-0.2, 0) is 13.1 Å². The number of hydrogen-bond donors (Lipinski definition) is 2. The number of rotatable bonds is 5. The van der Waals surface area contributed by atoms with Gasteiger partial charge in [0.2, 0.25) is 0 Å². The number of aromatic amines is 1. The number of anilines is 1. The Morgan fingerprint density at radius 1 is 1.33 bits per heavy atom. The minimum Gasteiger partial charge on any atom is -0.378 e. The first-order valence-corrected chi connectivity index (χ1v) is 8.81. The van der Waals surface area contributed by atoms with Gasteiger partial charge in [-0.15, -0.1) is 0 Å². The van der Waals surface area contributed by atoms with Gasteiger partial charge in [-0.2, -0.15) is 5.10 Å². The summed E-state index contributed by atoms with van der Waals surface area (Å²) in [5.74, 6) is 0. The monoisotopic (exact) mass is 346 g/mol. The molecule has 0 bridgehead atoms. The van der Waals surface area contributed by atoms with Crippen molar-refractivity contribution >= 4 is 17.3 Å². The number of hydrogen-bond acceptors (Lipinski definition) is 4. The van der Waals surface area contributed by atoms with Crippen LogP contribution in [0.4, 0.5) is 5.69 Å². The first-order chi connectivity index (χ1) is 11.6. The van der Waals surface area contributed by atoms with Gasteiger partial charge >= 0.3 is 0 Å². The van der Waals surface area contributed by atoms with E-state index in [2.05, 4.69) is 45.5 Å². The molecule has 1 fully saturated rings. The molecule has 1 saturated heterocycles. The summed E-state index contributed by atoms with van der Waals surface area (Å²) in [6.45, 7) is 5.04. The highest BCUT2D eigenvalue weighted by atomic mass is 35.5. The van der Waals surface area contributed by atoms with Crippen molar-refractivity contribution < 1.29 is 0 Å². The van der Waals surface area contributed by atoms with Crippen LogP contribution < -0.4 is 10.9 Å². The zero-order valence-corrected chi connectivity index (χ0v) is 14.6. The molecule has 1 aliphatic rings. The number of halogens is 1. The van der Waals surface area contributed by atoms with Gasteiger partial charge in [0.15, 0.2) is 0 Å². The van der Waals surface area contributed by atoms with E-state index in [9.17, 15) is 4.79 Å². The van der Waals surface area contributed by atoms with E-state index in [0.29, 0.717) is 18.3 Å². The molecule has 128 valence electrons. The molecular weight excluding hydrogens is 324 g/mol. The zero-order chi connectivity index (χ0) is 16.9. The van der Waals surface area contributed by atoms with Gasteiger partial charge in [-0.3, -0.25) is 9.69 Å². The van der Waals surface area contributed by atoms with E-state index in [1.807, 2.05) is 6.07 Å². The molecule has 0 aliphatic carbocycles. The van der Waals surface area contributed by atoms with Gasteiger partial charge < -0.3 is 5.32 Å². The molecule has 1 atom stereocenters. The van der Waals surface area contributed by atoms with E-state index in [-0.39, 0.29) is 10.6 Å². The molecule has 0 saturated carbocycles. The van der Waals surface area contributed by atoms with Crippen LogP contribution in [0, 0.1) is 0 Å². The van der Waals surface area contributed by atoms with Gasteiger partial charge in [-0.1, -0.05) is 42.3 Å². The Kier molecular flexibility index (Phi) is 5.53. The summed E-state index contributed by atoms with van der Waals surface area (Å²) < 4.78 is 0. The Bertz CT molecular complexity index is 746. The van der Waals surface area contributed by atoms with Crippen LogP contribution in [0.15, 0.2) is 35.3 Å². The second-order valence-electron chi connectivity index (χ2n) is 6.36. The molecule has 0 unspecified atom stereocenters. The summed E-state index contributed by atoms with van der Waals surface area (Å²) in [4.78, 5) is 14.1. The summed E-state index contributed by atoms with van der Waals surface area (Å²) in [5, 5.41) is 9.49. The molecule has 5 nitrogen and oxygen atoms in total. The Labute approximate surface area is 147 Å². The molecule has 1 aromatic carbocycles. The second kappa shape index (κ2) is 7.81. The van der Waals surface area contributed by atoms with Crippen molar-refractivity contribution in [3.63, 3.8) is 0 Å². The highest BCUT2D eigenvalue weighted by Gasteiger charge is 2.19. The lowest BCUT2D eigenvalue weighted by atomic mass is 10.0. The van der Waals surface area contributed by atoms with Gasteiger partial charge in [-0.05, 0) is 37.4 Å². The van der Waals surface area contributed by atoms with Crippen molar-refractivity contribution in [3.05, 3.63) is 57.0 Å². The fraction of sp³-hybridized carbons (Fsp3) is 0.444. The minimum atomic E-state index is -0.378. The number of aromatic nitrogens is 2. The maximum absolute atomic E-state index is 11.5. The second-order valence-corrected chi connectivity index (χ2v) is 6.74. The number of piperidine rings is 1. The van der Waals surface area contributed by atoms with E-state index < -0.39 is 0 Å². The Balaban J connectivity index is 1.72. The van der Waals surface area contributed by atoms with E-state index in [1.54, 1.807) is 6.20 Å². The highest BCUT2D eigenvalue weighted by molar-refractivity contribution is 6.32. The molecule has 6 heteroatoms. The average molecular weight is 347 g/mol.